The zero-order chi connectivity index (χ0) is 13.1. The van der Waals surface area contributed by atoms with Crippen molar-refractivity contribution >= 4 is 5.78 Å². The predicted octanol–water partition coefficient (Wildman–Crippen LogP) is 2.02. The zero-order valence-electron chi connectivity index (χ0n) is 12.2. The average Bonchev–Trinajstić information content (AvgIpc) is 2.36. The average molecular weight is 252 g/mol. The fraction of sp³-hybridized carbons (Fsp3) is 0.933. The Morgan fingerprint density at radius 1 is 1.33 bits per heavy atom. The van der Waals surface area contributed by atoms with Crippen LogP contribution in [0.15, 0.2) is 0 Å². The van der Waals surface area contributed by atoms with E-state index in [9.17, 15) is 4.79 Å². The van der Waals surface area contributed by atoms with Crippen LogP contribution in [0.2, 0.25) is 0 Å². The maximum absolute atomic E-state index is 12.0. The van der Waals surface area contributed by atoms with Crippen LogP contribution in [0, 0.1) is 11.8 Å². The second-order valence-electron chi connectivity index (χ2n) is 6.30. The van der Waals surface area contributed by atoms with Gasteiger partial charge < -0.3 is 4.90 Å². The molecule has 3 atom stereocenters. The van der Waals surface area contributed by atoms with Crippen LogP contribution in [0.25, 0.3) is 0 Å². The fourth-order valence-electron chi connectivity index (χ4n) is 3.35. The first-order valence-electron chi connectivity index (χ1n) is 7.55. The summed E-state index contributed by atoms with van der Waals surface area (Å²) in [7, 11) is 2.20. The van der Waals surface area contributed by atoms with E-state index in [-0.39, 0.29) is 0 Å². The Morgan fingerprint density at radius 3 is 2.78 bits per heavy atom. The highest BCUT2D eigenvalue weighted by atomic mass is 16.1. The monoisotopic (exact) mass is 252 g/mol. The first-order valence-corrected chi connectivity index (χ1v) is 7.55. The molecule has 0 spiro atoms. The minimum atomic E-state index is 0.319. The summed E-state index contributed by atoms with van der Waals surface area (Å²) in [5.41, 5.74) is 0. The quantitative estimate of drug-likeness (QED) is 0.768. The Bertz CT molecular complexity index is 292. The molecule has 1 aliphatic carbocycles. The number of Topliss-reactive ketones (excluding diaryl/α,β-unsaturated/α-hetero) is 1. The molecule has 2 fully saturated rings. The maximum Gasteiger partial charge on any atom is 0.137 e. The molecule has 18 heavy (non-hydrogen) atoms. The number of carbonyl (C=O) groups is 1. The van der Waals surface area contributed by atoms with Crippen LogP contribution in [0.5, 0.6) is 0 Å². The van der Waals surface area contributed by atoms with E-state index in [1.807, 2.05) is 0 Å². The molecule has 2 rings (SSSR count). The van der Waals surface area contributed by atoms with Crippen molar-refractivity contribution in [1.82, 2.24) is 9.80 Å². The number of nitrogens with zero attached hydrogens (tertiary/aromatic N) is 2. The van der Waals surface area contributed by atoms with Crippen molar-refractivity contribution in [2.45, 2.75) is 45.6 Å². The molecular formula is C15H28N2O. The van der Waals surface area contributed by atoms with Gasteiger partial charge in [0, 0.05) is 44.6 Å². The number of hydrogen-bond acceptors (Lipinski definition) is 3. The third-order valence-electron chi connectivity index (χ3n) is 4.97. The van der Waals surface area contributed by atoms with Crippen molar-refractivity contribution in [3.05, 3.63) is 0 Å². The van der Waals surface area contributed by atoms with Crippen LogP contribution < -0.4 is 0 Å². The van der Waals surface area contributed by atoms with Gasteiger partial charge >= 0.3 is 0 Å². The molecular weight excluding hydrogens is 224 g/mol. The number of likely N-dealkylation sites (N-methyl/N-ethyl adjacent to an activating group) is 1. The first kappa shape index (κ1) is 14.0. The molecule has 2 aliphatic rings. The van der Waals surface area contributed by atoms with Gasteiger partial charge in [0.2, 0.25) is 0 Å². The number of piperazine rings is 1. The number of hydrogen-bond donors (Lipinski definition) is 0. The molecule has 1 saturated heterocycles. The van der Waals surface area contributed by atoms with E-state index in [4.69, 9.17) is 0 Å². The summed E-state index contributed by atoms with van der Waals surface area (Å²) in [5.74, 6) is 1.63. The van der Waals surface area contributed by atoms with Gasteiger partial charge in [0.1, 0.15) is 5.78 Å². The highest BCUT2D eigenvalue weighted by Gasteiger charge is 2.30. The molecule has 1 saturated carbocycles. The van der Waals surface area contributed by atoms with E-state index in [1.165, 1.54) is 6.42 Å². The molecule has 104 valence electrons. The van der Waals surface area contributed by atoms with Crippen molar-refractivity contribution in [3.63, 3.8) is 0 Å². The Hall–Kier alpha value is -0.410. The zero-order valence-corrected chi connectivity index (χ0v) is 12.2. The molecule has 0 aromatic rings. The van der Waals surface area contributed by atoms with Gasteiger partial charge in [-0.15, -0.1) is 0 Å². The molecule has 3 heteroatoms. The molecule has 0 bridgehead atoms. The molecule has 0 amide bonds. The Morgan fingerprint density at radius 2 is 2.11 bits per heavy atom. The van der Waals surface area contributed by atoms with E-state index < -0.39 is 0 Å². The first-order chi connectivity index (χ1) is 8.60. The summed E-state index contributed by atoms with van der Waals surface area (Å²) in [6, 6.07) is 0.624. The van der Waals surface area contributed by atoms with E-state index in [1.54, 1.807) is 0 Å². The standard InChI is InChI=1S/C15H28N2O/c1-4-13-5-6-15(18)14(9-13)11-17-8-7-16(3)12(2)10-17/h12-14H,4-11H2,1-3H3. The minimum absolute atomic E-state index is 0.319. The smallest absolute Gasteiger partial charge is 0.137 e. The fourth-order valence-corrected chi connectivity index (χ4v) is 3.35. The van der Waals surface area contributed by atoms with Crippen LogP contribution >= 0.6 is 0 Å². The highest BCUT2D eigenvalue weighted by molar-refractivity contribution is 5.81. The highest BCUT2D eigenvalue weighted by Crippen LogP contribution is 2.29. The summed E-state index contributed by atoms with van der Waals surface area (Å²) in [6.07, 6.45) is 4.33. The van der Waals surface area contributed by atoms with Crippen molar-refractivity contribution in [2.24, 2.45) is 11.8 Å². The lowest BCUT2D eigenvalue weighted by molar-refractivity contribution is -0.126. The van der Waals surface area contributed by atoms with Gasteiger partial charge in [-0.05, 0) is 32.7 Å². The number of ketones is 1. The lowest BCUT2D eigenvalue weighted by atomic mass is 9.79. The van der Waals surface area contributed by atoms with E-state index in [0.717, 1.165) is 51.4 Å². The maximum atomic E-state index is 12.0. The topological polar surface area (TPSA) is 23.6 Å². The second-order valence-corrected chi connectivity index (χ2v) is 6.30. The number of carbonyl (C=O) groups excluding carboxylic acids is 1. The van der Waals surface area contributed by atoms with Crippen molar-refractivity contribution in [2.75, 3.05) is 33.2 Å². The Kier molecular flexibility index (Phi) is 4.79. The van der Waals surface area contributed by atoms with Gasteiger partial charge in [-0.3, -0.25) is 9.69 Å². The molecule has 3 unspecified atom stereocenters. The third kappa shape index (κ3) is 3.33. The molecule has 0 aromatic heterocycles. The Labute approximate surface area is 112 Å². The molecule has 0 radical (unpaired) electrons. The summed E-state index contributed by atoms with van der Waals surface area (Å²) in [6.45, 7) is 8.93. The molecule has 0 aromatic carbocycles. The van der Waals surface area contributed by atoms with Crippen LogP contribution in [0.4, 0.5) is 0 Å². The lowest BCUT2D eigenvalue weighted by Crippen LogP contribution is -2.52. The molecule has 3 nitrogen and oxygen atoms in total. The Balaban J connectivity index is 1.86. The van der Waals surface area contributed by atoms with Gasteiger partial charge in [-0.25, -0.2) is 0 Å². The summed E-state index contributed by atoms with van der Waals surface area (Å²) in [4.78, 5) is 17.0. The third-order valence-corrected chi connectivity index (χ3v) is 4.97. The van der Waals surface area contributed by atoms with Gasteiger partial charge in [-0.2, -0.15) is 0 Å². The van der Waals surface area contributed by atoms with Crippen LogP contribution in [0.3, 0.4) is 0 Å². The lowest BCUT2D eigenvalue weighted by Gasteiger charge is -2.40. The molecule has 0 N–H and O–H groups in total. The van der Waals surface area contributed by atoms with Gasteiger partial charge in [0.25, 0.3) is 0 Å². The largest absolute Gasteiger partial charge is 0.301 e. The van der Waals surface area contributed by atoms with E-state index in [0.29, 0.717) is 17.7 Å². The SMILES string of the molecule is CCC1CCC(=O)C(CN2CCN(C)C(C)C2)C1. The van der Waals surface area contributed by atoms with Crippen LogP contribution in [-0.2, 0) is 4.79 Å². The minimum Gasteiger partial charge on any atom is -0.301 e. The predicted molar refractivity (Wildman–Crippen MR) is 74.7 cm³/mol. The summed E-state index contributed by atoms with van der Waals surface area (Å²) >= 11 is 0. The van der Waals surface area contributed by atoms with Crippen molar-refractivity contribution in [1.29, 1.82) is 0 Å². The molecule has 1 aliphatic heterocycles. The van der Waals surface area contributed by atoms with Crippen LogP contribution in [-0.4, -0.2) is 54.9 Å². The van der Waals surface area contributed by atoms with E-state index >= 15 is 0 Å². The normalized spacial score (nSPS) is 35.9. The van der Waals surface area contributed by atoms with Crippen molar-refractivity contribution in [3.8, 4) is 0 Å². The van der Waals surface area contributed by atoms with Crippen molar-refractivity contribution < 1.29 is 4.79 Å². The molecule has 1 heterocycles. The summed E-state index contributed by atoms with van der Waals surface area (Å²) in [5, 5.41) is 0. The van der Waals surface area contributed by atoms with E-state index in [2.05, 4.69) is 30.7 Å². The summed E-state index contributed by atoms with van der Waals surface area (Å²) < 4.78 is 0. The van der Waals surface area contributed by atoms with Gasteiger partial charge in [0.05, 0.1) is 0 Å². The second kappa shape index (κ2) is 6.16. The van der Waals surface area contributed by atoms with Gasteiger partial charge in [-0.1, -0.05) is 13.3 Å². The van der Waals surface area contributed by atoms with Gasteiger partial charge in [0.15, 0.2) is 0 Å². The van der Waals surface area contributed by atoms with Crippen LogP contribution in [0.1, 0.15) is 39.5 Å². The number of rotatable bonds is 3.